The van der Waals surface area contributed by atoms with Crippen molar-refractivity contribution in [2.45, 2.75) is 19.8 Å². The van der Waals surface area contributed by atoms with Crippen LogP contribution in [0.25, 0.3) is 43.6 Å². The van der Waals surface area contributed by atoms with E-state index in [1.165, 1.54) is 0 Å². The Hall–Kier alpha value is -4.62. The van der Waals surface area contributed by atoms with E-state index < -0.39 is 5.97 Å². The molecule has 2 heterocycles. The van der Waals surface area contributed by atoms with E-state index in [0.29, 0.717) is 5.75 Å². The van der Waals surface area contributed by atoms with E-state index in [-0.39, 0.29) is 6.61 Å². The largest absolute Gasteiger partial charge is 0.497 e. The topological polar surface area (TPSA) is 81.8 Å². The van der Waals surface area contributed by atoms with Crippen LogP contribution in [0, 0.1) is 6.92 Å². The molecule has 0 aliphatic heterocycles. The van der Waals surface area contributed by atoms with Crippen molar-refractivity contribution in [3.8, 4) is 33.2 Å². The lowest BCUT2D eigenvalue weighted by Gasteiger charge is -2.08. The minimum Gasteiger partial charge on any atom is -0.497 e. The van der Waals surface area contributed by atoms with Gasteiger partial charge in [0.15, 0.2) is 6.61 Å². The number of thiazole rings is 1. The fourth-order valence-electron chi connectivity index (χ4n) is 4.90. The molecule has 0 fully saturated rings. The Balaban J connectivity index is 1.34. The first-order valence-electron chi connectivity index (χ1n) is 13.0. The quantitative estimate of drug-likeness (QED) is 0.197. The fourth-order valence-corrected chi connectivity index (χ4v) is 5.98. The maximum atomic E-state index is 10.8. The summed E-state index contributed by atoms with van der Waals surface area (Å²) in [7, 11) is 1.67. The van der Waals surface area contributed by atoms with Gasteiger partial charge in [0.1, 0.15) is 22.7 Å². The molecular weight excluding hydrogens is 522 g/mol. The standard InChI is InChI=1S/C33H27NO5S/c1-20-17-21(7-14-27(20)38-19-31(35)36)8-16-30-34-32(22-9-12-24(37-2)13-10-22)33(40-30)23-11-15-29-26(18-23)25-5-3-4-6-28(25)39-29/h3-7,9-15,17-18H,8,16,19H2,1-2H3,(H,35,36). The number of ether oxygens (including phenoxy) is 2. The zero-order valence-electron chi connectivity index (χ0n) is 22.1. The summed E-state index contributed by atoms with van der Waals surface area (Å²) in [5.74, 6) is 0.403. The summed E-state index contributed by atoms with van der Waals surface area (Å²) in [4.78, 5) is 17.1. The molecule has 0 radical (unpaired) electrons. The van der Waals surface area contributed by atoms with E-state index in [2.05, 4.69) is 18.2 Å². The van der Waals surface area contributed by atoms with Gasteiger partial charge in [0.05, 0.1) is 22.7 Å². The molecule has 0 amide bonds. The second-order valence-electron chi connectivity index (χ2n) is 9.61. The van der Waals surface area contributed by atoms with Gasteiger partial charge in [0.25, 0.3) is 0 Å². The number of nitrogens with zero attached hydrogens (tertiary/aromatic N) is 1. The van der Waals surface area contributed by atoms with Gasteiger partial charge in [0.2, 0.25) is 0 Å². The Bertz CT molecular complexity index is 1830. The predicted molar refractivity (Wildman–Crippen MR) is 159 cm³/mol. The Morgan fingerprint density at radius 1 is 0.900 bits per heavy atom. The molecule has 0 unspecified atom stereocenters. The molecule has 0 saturated heterocycles. The number of benzene rings is 4. The number of aryl methyl sites for hydroxylation is 3. The number of aliphatic carboxylic acids is 1. The van der Waals surface area contributed by atoms with E-state index >= 15 is 0 Å². The van der Waals surface area contributed by atoms with Gasteiger partial charge in [-0.2, -0.15) is 0 Å². The number of rotatable bonds is 9. The Kier molecular flexibility index (Phi) is 6.97. The molecule has 0 saturated carbocycles. The molecule has 0 spiro atoms. The third kappa shape index (κ3) is 5.16. The second kappa shape index (κ2) is 10.9. The molecule has 40 heavy (non-hydrogen) atoms. The van der Waals surface area contributed by atoms with Crippen LogP contribution in [0.1, 0.15) is 16.1 Å². The zero-order valence-corrected chi connectivity index (χ0v) is 23.0. The minimum absolute atomic E-state index is 0.351. The summed E-state index contributed by atoms with van der Waals surface area (Å²) in [5.41, 5.74) is 6.89. The number of furan rings is 1. The molecular formula is C33H27NO5S. The first kappa shape index (κ1) is 25.6. The Morgan fingerprint density at radius 2 is 1.68 bits per heavy atom. The van der Waals surface area contributed by atoms with Crippen LogP contribution in [-0.2, 0) is 17.6 Å². The first-order chi connectivity index (χ1) is 19.5. The number of carboxylic acid groups (broad SMARTS) is 1. The lowest BCUT2D eigenvalue weighted by Crippen LogP contribution is -2.10. The molecule has 6 nitrogen and oxygen atoms in total. The van der Waals surface area contributed by atoms with E-state index in [0.717, 1.165) is 78.4 Å². The first-order valence-corrected chi connectivity index (χ1v) is 13.8. The molecule has 0 bridgehead atoms. The van der Waals surface area contributed by atoms with Gasteiger partial charge in [-0.05, 0) is 84.6 Å². The molecule has 1 N–H and O–H groups in total. The number of fused-ring (bicyclic) bond motifs is 3. The van der Waals surface area contributed by atoms with Gasteiger partial charge >= 0.3 is 5.97 Å². The molecule has 7 heteroatoms. The highest BCUT2D eigenvalue weighted by Gasteiger charge is 2.17. The van der Waals surface area contributed by atoms with Crippen molar-refractivity contribution in [2.24, 2.45) is 0 Å². The number of aromatic nitrogens is 1. The zero-order chi connectivity index (χ0) is 27.6. The van der Waals surface area contributed by atoms with Gasteiger partial charge in [-0.3, -0.25) is 0 Å². The molecule has 200 valence electrons. The van der Waals surface area contributed by atoms with E-state index in [1.807, 2.05) is 73.7 Å². The van der Waals surface area contributed by atoms with Crippen molar-refractivity contribution in [1.29, 1.82) is 0 Å². The molecule has 6 rings (SSSR count). The van der Waals surface area contributed by atoms with Crippen LogP contribution in [0.2, 0.25) is 0 Å². The summed E-state index contributed by atoms with van der Waals surface area (Å²) in [6, 6.07) is 28.3. The summed E-state index contributed by atoms with van der Waals surface area (Å²) < 4.78 is 16.8. The van der Waals surface area contributed by atoms with Gasteiger partial charge in [-0.15, -0.1) is 11.3 Å². The molecule has 0 aliphatic carbocycles. The van der Waals surface area contributed by atoms with Crippen molar-refractivity contribution in [1.82, 2.24) is 4.98 Å². The fraction of sp³-hybridized carbons (Fsp3) is 0.152. The summed E-state index contributed by atoms with van der Waals surface area (Å²) in [6.45, 7) is 1.58. The normalized spacial score (nSPS) is 11.2. The highest BCUT2D eigenvalue weighted by Crippen LogP contribution is 2.40. The third-order valence-corrected chi connectivity index (χ3v) is 8.06. The van der Waals surface area contributed by atoms with Crippen molar-refractivity contribution in [2.75, 3.05) is 13.7 Å². The highest BCUT2D eigenvalue weighted by molar-refractivity contribution is 7.15. The van der Waals surface area contributed by atoms with Gasteiger partial charge in [-0.25, -0.2) is 9.78 Å². The molecule has 4 aromatic carbocycles. The second-order valence-corrected chi connectivity index (χ2v) is 10.7. The Morgan fingerprint density at radius 3 is 2.45 bits per heavy atom. The van der Waals surface area contributed by atoms with Crippen LogP contribution in [0.5, 0.6) is 11.5 Å². The van der Waals surface area contributed by atoms with Gasteiger partial charge < -0.3 is 19.0 Å². The van der Waals surface area contributed by atoms with E-state index in [4.69, 9.17) is 24.0 Å². The predicted octanol–water partition coefficient (Wildman–Crippen LogP) is 7.94. The van der Waals surface area contributed by atoms with Crippen LogP contribution in [0.3, 0.4) is 0 Å². The van der Waals surface area contributed by atoms with Crippen molar-refractivity contribution in [3.05, 3.63) is 101 Å². The number of hydrogen-bond acceptors (Lipinski definition) is 6. The number of carboxylic acids is 1. The van der Waals surface area contributed by atoms with Crippen LogP contribution < -0.4 is 9.47 Å². The summed E-state index contributed by atoms with van der Waals surface area (Å²) in [5, 5.41) is 12.1. The summed E-state index contributed by atoms with van der Waals surface area (Å²) >= 11 is 1.71. The lowest BCUT2D eigenvalue weighted by atomic mass is 10.0. The number of carbonyl (C=O) groups is 1. The van der Waals surface area contributed by atoms with Crippen molar-refractivity contribution >= 4 is 39.2 Å². The monoisotopic (exact) mass is 549 g/mol. The SMILES string of the molecule is COc1ccc(-c2nc(CCc3ccc(OCC(=O)O)c(C)c3)sc2-c2ccc3oc4ccccc4c3c2)cc1. The third-order valence-electron chi connectivity index (χ3n) is 6.89. The maximum absolute atomic E-state index is 10.8. The van der Waals surface area contributed by atoms with Crippen LogP contribution >= 0.6 is 11.3 Å². The van der Waals surface area contributed by atoms with Gasteiger partial charge in [0, 0.05) is 22.8 Å². The van der Waals surface area contributed by atoms with Crippen LogP contribution in [0.15, 0.2) is 89.3 Å². The highest BCUT2D eigenvalue weighted by atomic mass is 32.1. The van der Waals surface area contributed by atoms with Gasteiger partial charge in [-0.1, -0.05) is 30.3 Å². The van der Waals surface area contributed by atoms with Crippen LogP contribution in [-0.4, -0.2) is 29.8 Å². The molecule has 2 aromatic heterocycles. The van der Waals surface area contributed by atoms with Crippen LogP contribution in [0.4, 0.5) is 0 Å². The smallest absolute Gasteiger partial charge is 0.341 e. The minimum atomic E-state index is -0.990. The van der Waals surface area contributed by atoms with Crippen molar-refractivity contribution < 1.29 is 23.8 Å². The molecule has 0 atom stereocenters. The van der Waals surface area contributed by atoms with Crippen molar-refractivity contribution in [3.63, 3.8) is 0 Å². The van der Waals surface area contributed by atoms with E-state index in [9.17, 15) is 4.79 Å². The van der Waals surface area contributed by atoms with E-state index in [1.54, 1.807) is 18.4 Å². The summed E-state index contributed by atoms with van der Waals surface area (Å²) in [6.07, 6.45) is 1.58. The maximum Gasteiger partial charge on any atom is 0.341 e. The molecule has 0 aliphatic rings. The number of para-hydroxylation sites is 1. The lowest BCUT2D eigenvalue weighted by molar-refractivity contribution is -0.139. The Labute approximate surface area is 235 Å². The molecule has 6 aromatic rings. The number of hydrogen-bond donors (Lipinski definition) is 1. The average Bonchev–Trinajstić information content (AvgIpc) is 3.57. The average molecular weight is 550 g/mol. The number of methoxy groups -OCH3 is 1.